The molecule has 1 aromatic carbocycles. The van der Waals surface area contributed by atoms with Crippen molar-refractivity contribution in [3.8, 4) is 5.75 Å². The second-order valence-corrected chi connectivity index (χ2v) is 6.13. The molecule has 5 heteroatoms. The van der Waals surface area contributed by atoms with E-state index in [1.165, 1.54) is 0 Å². The largest absolute Gasteiger partial charge is 0.491 e. The molecule has 1 aromatic rings. The molecule has 0 heterocycles. The van der Waals surface area contributed by atoms with Crippen LogP contribution < -0.4 is 9.46 Å². The van der Waals surface area contributed by atoms with Gasteiger partial charge in [-0.1, -0.05) is 12.1 Å². The predicted octanol–water partition coefficient (Wildman–Crippen LogP) is 2.08. The van der Waals surface area contributed by atoms with E-state index in [0.29, 0.717) is 0 Å². The molecule has 0 saturated heterocycles. The van der Waals surface area contributed by atoms with Gasteiger partial charge in [-0.25, -0.2) is 13.1 Å². The lowest BCUT2D eigenvalue weighted by molar-refractivity contribution is 0.242. The van der Waals surface area contributed by atoms with Gasteiger partial charge in [-0.3, -0.25) is 0 Å². The summed E-state index contributed by atoms with van der Waals surface area (Å²) in [6.07, 6.45) is 1.28. The van der Waals surface area contributed by atoms with Gasteiger partial charge in [0.15, 0.2) is 0 Å². The highest BCUT2D eigenvalue weighted by Crippen LogP contribution is 2.18. The van der Waals surface area contributed by atoms with Crippen LogP contribution in [0.4, 0.5) is 0 Å². The third-order valence-corrected chi connectivity index (χ3v) is 2.92. The van der Waals surface area contributed by atoms with Gasteiger partial charge in [0.05, 0.1) is 12.4 Å². The zero-order chi connectivity index (χ0) is 13.1. The van der Waals surface area contributed by atoms with Crippen molar-refractivity contribution in [3.05, 3.63) is 29.8 Å². The summed E-state index contributed by atoms with van der Waals surface area (Å²) in [7, 11) is -3.18. The van der Waals surface area contributed by atoms with Crippen LogP contribution in [-0.4, -0.2) is 20.8 Å². The first-order valence-electron chi connectivity index (χ1n) is 5.52. The molecule has 0 aliphatic rings. The third kappa shape index (κ3) is 5.19. The molecule has 0 aliphatic carbocycles. The van der Waals surface area contributed by atoms with Crippen molar-refractivity contribution in [2.24, 2.45) is 0 Å². The quantitative estimate of drug-likeness (QED) is 0.878. The fraction of sp³-hybridized carbons (Fsp3) is 0.500. The van der Waals surface area contributed by atoms with Crippen LogP contribution in [0.2, 0.25) is 0 Å². The molecule has 96 valence electrons. The third-order valence-electron chi connectivity index (χ3n) is 2.14. The fourth-order valence-electron chi connectivity index (χ4n) is 1.50. The molecule has 0 aromatic heterocycles. The molecule has 17 heavy (non-hydrogen) atoms. The fourth-order valence-corrected chi connectivity index (χ4v) is 2.27. The Kier molecular flexibility index (Phi) is 4.54. The Labute approximate surface area is 103 Å². The maximum absolute atomic E-state index is 11.1. The number of ether oxygens (including phenoxy) is 1. The molecular weight excluding hydrogens is 238 g/mol. The number of sulfonamides is 1. The van der Waals surface area contributed by atoms with E-state index in [-0.39, 0.29) is 12.1 Å². The van der Waals surface area contributed by atoms with E-state index in [1.54, 1.807) is 6.92 Å². The molecule has 0 aliphatic heterocycles. The summed E-state index contributed by atoms with van der Waals surface area (Å²) in [4.78, 5) is 0. The van der Waals surface area contributed by atoms with Crippen LogP contribution >= 0.6 is 0 Å². The Balaban J connectivity index is 2.73. The maximum Gasteiger partial charge on any atom is 0.209 e. The van der Waals surface area contributed by atoms with Crippen molar-refractivity contribution in [1.82, 2.24) is 4.72 Å². The van der Waals surface area contributed by atoms with Gasteiger partial charge in [-0.15, -0.1) is 0 Å². The molecule has 1 rings (SSSR count). The standard InChI is InChI=1S/C12H19NO3S/c1-9(2)16-12-7-5-11(6-8-12)10(3)13-17(4,14)15/h5-10,13H,1-4H3. The molecule has 0 radical (unpaired) electrons. The molecule has 0 amide bonds. The number of nitrogens with one attached hydrogen (secondary N) is 1. The Morgan fingerprint density at radius 2 is 1.65 bits per heavy atom. The van der Waals surface area contributed by atoms with Crippen molar-refractivity contribution in [3.63, 3.8) is 0 Å². The van der Waals surface area contributed by atoms with E-state index >= 15 is 0 Å². The van der Waals surface area contributed by atoms with Crippen LogP contribution in [0.25, 0.3) is 0 Å². The van der Waals surface area contributed by atoms with Crippen LogP contribution in [0.1, 0.15) is 32.4 Å². The summed E-state index contributed by atoms with van der Waals surface area (Å²) in [6, 6.07) is 7.17. The van der Waals surface area contributed by atoms with Crippen molar-refractivity contribution < 1.29 is 13.2 Å². The van der Waals surface area contributed by atoms with Crippen LogP contribution in [0.3, 0.4) is 0 Å². The molecule has 1 unspecified atom stereocenters. The molecule has 0 spiro atoms. The first-order chi connectivity index (χ1) is 7.78. The molecule has 0 saturated carbocycles. The van der Waals surface area contributed by atoms with Crippen molar-refractivity contribution in [2.75, 3.05) is 6.26 Å². The SMILES string of the molecule is CC(C)Oc1ccc(C(C)NS(C)(=O)=O)cc1. The zero-order valence-electron chi connectivity index (χ0n) is 10.6. The lowest BCUT2D eigenvalue weighted by Gasteiger charge is -2.14. The molecule has 1 atom stereocenters. The summed E-state index contributed by atoms with van der Waals surface area (Å²) in [6.45, 7) is 5.73. The Morgan fingerprint density at radius 3 is 2.06 bits per heavy atom. The monoisotopic (exact) mass is 257 g/mol. The van der Waals surface area contributed by atoms with E-state index in [0.717, 1.165) is 17.6 Å². The highest BCUT2D eigenvalue weighted by Gasteiger charge is 2.10. The van der Waals surface area contributed by atoms with E-state index in [2.05, 4.69) is 4.72 Å². The van der Waals surface area contributed by atoms with Crippen LogP contribution in [0.15, 0.2) is 24.3 Å². The minimum atomic E-state index is -3.18. The Hall–Kier alpha value is -1.07. The lowest BCUT2D eigenvalue weighted by Crippen LogP contribution is -2.25. The lowest BCUT2D eigenvalue weighted by atomic mass is 10.1. The number of hydrogen-bond donors (Lipinski definition) is 1. The average molecular weight is 257 g/mol. The minimum absolute atomic E-state index is 0.132. The smallest absolute Gasteiger partial charge is 0.209 e. The first-order valence-corrected chi connectivity index (χ1v) is 7.41. The summed E-state index contributed by atoms with van der Waals surface area (Å²) < 4.78 is 30.2. The van der Waals surface area contributed by atoms with Gasteiger partial charge in [0.2, 0.25) is 10.0 Å². The van der Waals surface area contributed by atoms with Gasteiger partial charge in [0.1, 0.15) is 5.75 Å². The number of hydrogen-bond acceptors (Lipinski definition) is 3. The normalized spacial score (nSPS) is 13.7. The first kappa shape index (κ1) is 14.0. The summed E-state index contributed by atoms with van der Waals surface area (Å²) in [5.74, 6) is 0.787. The van der Waals surface area contributed by atoms with Gasteiger partial charge in [0.25, 0.3) is 0 Å². The van der Waals surface area contributed by atoms with Crippen molar-refractivity contribution in [1.29, 1.82) is 0 Å². The van der Waals surface area contributed by atoms with E-state index in [9.17, 15) is 8.42 Å². The van der Waals surface area contributed by atoms with Gasteiger partial charge >= 0.3 is 0 Å². The zero-order valence-corrected chi connectivity index (χ0v) is 11.4. The molecular formula is C12H19NO3S. The summed E-state index contributed by atoms with van der Waals surface area (Å²) >= 11 is 0. The molecule has 0 bridgehead atoms. The van der Waals surface area contributed by atoms with Crippen molar-refractivity contribution >= 4 is 10.0 Å². The van der Waals surface area contributed by atoms with Crippen LogP contribution in [0, 0.1) is 0 Å². The highest BCUT2D eigenvalue weighted by atomic mass is 32.2. The highest BCUT2D eigenvalue weighted by molar-refractivity contribution is 7.88. The van der Waals surface area contributed by atoms with E-state index in [4.69, 9.17) is 4.74 Å². The van der Waals surface area contributed by atoms with E-state index in [1.807, 2.05) is 38.1 Å². The van der Waals surface area contributed by atoms with E-state index < -0.39 is 10.0 Å². The topological polar surface area (TPSA) is 55.4 Å². The van der Waals surface area contributed by atoms with Gasteiger partial charge in [0, 0.05) is 6.04 Å². The van der Waals surface area contributed by atoms with Crippen molar-refractivity contribution in [2.45, 2.75) is 32.9 Å². The number of rotatable bonds is 5. The average Bonchev–Trinajstić information content (AvgIpc) is 2.15. The second-order valence-electron chi connectivity index (χ2n) is 4.35. The molecule has 1 N–H and O–H groups in total. The molecule has 0 fully saturated rings. The van der Waals surface area contributed by atoms with Crippen LogP contribution in [-0.2, 0) is 10.0 Å². The number of benzene rings is 1. The Bertz CT molecular complexity index is 451. The Morgan fingerprint density at radius 1 is 1.12 bits per heavy atom. The minimum Gasteiger partial charge on any atom is -0.491 e. The second kappa shape index (κ2) is 5.51. The van der Waals surface area contributed by atoms with Gasteiger partial charge < -0.3 is 4.74 Å². The van der Waals surface area contributed by atoms with Gasteiger partial charge in [-0.2, -0.15) is 0 Å². The predicted molar refractivity (Wildman–Crippen MR) is 68.6 cm³/mol. The maximum atomic E-state index is 11.1. The van der Waals surface area contributed by atoms with Crippen LogP contribution in [0.5, 0.6) is 5.75 Å². The molecule has 4 nitrogen and oxygen atoms in total. The summed E-state index contributed by atoms with van der Waals surface area (Å²) in [5, 5.41) is 0. The summed E-state index contributed by atoms with van der Waals surface area (Å²) in [5.41, 5.74) is 0.909. The van der Waals surface area contributed by atoms with Gasteiger partial charge in [-0.05, 0) is 38.5 Å².